The molecule has 1 aromatic rings. The summed E-state index contributed by atoms with van der Waals surface area (Å²) in [6.45, 7) is 2.99. The van der Waals surface area contributed by atoms with Crippen LogP contribution in [-0.2, 0) is 0 Å². The first-order valence-electron chi connectivity index (χ1n) is 5.22. The summed E-state index contributed by atoms with van der Waals surface area (Å²) in [6.07, 6.45) is 2.21. The van der Waals surface area contributed by atoms with Gasteiger partial charge in [-0.2, -0.15) is 0 Å². The van der Waals surface area contributed by atoms with E-state index >= 15 is 0 Å². The van der Waals surface area contributed by atoms with Crippen molar-refractivity contribution in [3.63, 3.8) is 0 Å². The summed E-state index contributed by atoms with van der Waals surface area (Å²) in [5.74, 6) is 1.43. The maximum atomic E-state index is 5.50. The predicted molar refractivity (Wildman–Crippen MR) is 67.4 cm³/mol. The molecule has 84 valence electrons. The van der Waals surface area contributed by atoms with Crippen LogP contribution in [0.5, 0.6) is 5.75 Å². The van der Waals surface area contributed by atoms with Crippen LogP contribution in [-0.4, -0.2) is 13.7 Å². The minimum Gasteiger partial charge on any atom is -0.496 e. The van der Waals surface area contributed by atoms with Crippen molar-refractivity contribution >= 4 is 15.9 Å². The van der Waals surface area contributed by atoms with Gasteiger partial charge in [-0.15, -0.1) is 0 Å². The molecular weight excluding hydrogens is 254 g/mol. The molecule has 0 aliphatic heterocycles. The topological polar surface area (TPSA) is 35.2 Å². The summed E-state index contributed by atoms with van der Waals surface area (Å²) in [7, 11) is 1.68. The monoisotopic (exact) mass is 271 g/mol. The smallest absolute Gasteiger partial charge is 0.133 e. The van der Waals surface area contributed by atoms with E-state index in [0.29, 0.717) is 5.92 Å². The van der Waals surface area contributed by atoms with Crippen molar-refractivity contribution in [2.45, 2.75) is 25.7 Å². The highest BCUT2D eigenvalue weighted by atomic mass is 79.9. The van der Waals surface area contributed by atoms with E-state index in [1.165, 1.54) is 5.56 Å². The number of halogens is 1. The normalized spacial score (nSPS) is 12.5. The molecule has 3 heteroatoms. The number of rotatable bonds is 5. The van der Waals surface area contributed by atoms with E-state index in [9.17, 15) is 0 Å². The van der Waals surface area contributed by atoms with Crippen LogP contribution >= 0.6 is 15.9 Å². The molecular formula is C12H18BrNO. The maximum Gasteiger partial charge on any atom is 0.133 e. The van der Waals surface area contributed by atoms with Gasteiger partial charge in [0.2, 0.25) is 0 Å². The van der Waals surface area contributed by atoms with E-state index in [2.05, 4.69) is 35.0 Å². The molecule has 15 heavy (non-hydrogen) atoms. The molecule has 0 fully saturated rings. The van der Waals surface area contributed by atoms with Gasteiger partial charge in [-0.1, -0.05) is 13.0 Å². The highest BCUT2D eigenvalue weighted by Crippen LogP contribution is 2.30. The Hall–Kier alpha value is -0.540. The second kappa shape index (κ2) is 6.13. The Balaban J connectivity index is 2.73. The lowest BCUT2D eigenvalue weighted by Crippen LogP contribution is -2.02. The van der Waals surface area contributed by atoms with E-state index in [1.54, 1.807) is 7.11 Å². The van der Waals surface area contributed by atoms with E-state index < -0.39 is 0 Å². The zero-order chi connectivity index (χ0) is 11.3. The minimum atomic E-state index is 0.552. The second-order valence-corrected chi connectivity index (χ2v) is 4.58. The van der Waals surface area contributed by atoms with Gasteiger partial charge in [-0.25, -0.2) is 0 Å². The third kappa shape index (κ3) is 3.50. The van der Waals surface area contributed by atoms with Gasteiger partial charge >= 0.3 is 0 Å². The van der Waals surface area contributed by atoms with Crippen molar-refractivity contribution in [1.29, 1.82) is 0 Å². The van der Waals surface area contributed by atoms with Crippen LogP contribution in [0.1, 0.15) is 31.2 Å². The lowest BCUT2D eigenvalue weighted by Gasteiger charge is -2.13. The van der Waals surface area contributed by atoms with Gasteiger partial charge in [0.1, 0.15) is 5.75 Å². The van der Waals surface area contributed by atoms with Crippen LogP contribution < -0.4 is 10.5 Å². The van der Waals surface area contributed by atoms with Crippen molar-refractivity contribution in [2.75, 3.05) is 13.7 Å². The van der Waals surface area contributed by atoms with Crippen molar-refractivity contribution in [1.82, 2.24) is 0 Å². The second-order valence-electron chi connectivity index (χ2n) is 3.73. The first-order valence-corrected chi connectivity index (χ1v) is 6.01. The van der Waals surface area contributed by atoms with E-state index in [0.717, 1.165) is 29.6 Å². The van der Waals surface area contributed by atoms with Crippen LogP contribution in [0.4, 0.5) is 0 Å². The molecule has 0 saturated heterocycles. The number of ether oxygens (including phenoxy) is 1. The molecule has 2 nitrogen and oxygen atoms in total. The molecule has 1 atom stereocenters. The quantitative estimate of drug-likeness (QED) is 0.892. The summed E-state index contributed by atoms with van der Waals surface area (Å²) in [6, 6.07) is 6.24. The summed E-state index contributed by atoms with van der Waals surface area (Å²) in [5.41, 5.74) is 6.83. The molecule has 0 aromatic heterocycles. The molecule has 0 aliphatic rings. The zero-order valence-electron chi connectivity index (χ0n) is 9.29. The summed E-state index contributed by atoms with van der Waals surface area (Å²) in [4.78, 5) is 0. The zero-order valence-corrected chi connectivity index (χ0v) is 10.9. The SMILES string of the molecule is COc1ccc(C(C)CCCN)cc1Br. The van der Waals surface area contributed by atoms with Gasteiger partial charge in [0.05, 0.1) is 11.6 Å². The third-order valence-electron chi connectivity index (χ3n) is 2.59. The van der Waals surface area contributed by atoms with Crippen molar-refractivity contribution in [3.05, 3.63) is 28.2 Å². The average molecular weight is 272 g/mol. The average Bonchev–Trinajstić information content (AvgIpc) is 2.25. The third-order valence-corrected chi connectivity index (χ3v) is 3.21. The van der Waals surface area contributed by atoms with E-state index in [1.807, 2.05) is 6.07 Å². The van der Waals surface area contributed by atoms with Crippen molar-refractivity contribution < 1.29 is 4.74 Å². The van der Waals surface area contributed by atoms with Gasteiger partial charge in [-0.05, 0) is 58.9 Å². The van der Waals surface area contributed by atoms with Gasteiger partial charge in [-0.3, -0.25) is 0 Å². The van der Waals surface area contributed by atoms with Crippen molar-refractivity contribution in [2.24, 2.45) is 5.73 Å². The fourth-order valence-corrected chi connectivity index (χ4v) is 2.14. The van der Waals surface area contributed by atoms with E-state index in [4.69, 9.17) is 10.5 Å². The van der Waals surface area contributed by atoms with Crippen LogP contribution in [0.15, 0.2) is 22.7 Å². The molecule has 0 aliphatic carbocycles. The van der Waals surface area contributed by atoms with Crippen LogP contribution in [0.25, 0.3) is 0 Å². The fraction of sp³-hybridized carbons (Fsp3) is 0.500. The number of hydrogen-bond acceptors (Lipinski definition) is 2. The number of benzene rings is 1. The van der Waals surface area contributed by atoms with Crippen LogP contribution in [0.2, 0.25) is 0 Å². The van der Waals surface area contributed by atoms with Gasteiger partial charge in [0.25, 0.3) is 0 Å². The molecule has 0 saturated carbocycles. The first-order chi connectivity index (χ1) is 7.19. The Morgan fingerprint density at radius 3 is 2.73 bits per heavy atom. The fourth-order valence-electron chi connectivity index (χ4n) is 1.58. The molecule has 1 rings (SSSR count). The molecule has 0 amide bonds. The Morgan fingerprint density at radius 1 is 1.47 bits per heavy atom. The summed E-state index contributed by atoms with van der Waals surface area (Å²) >= 11 is 3.49. The molecule has 0 bridgehead atoms. The Kier molecular flexibility index (Phi) is 5.12. The molecule has 1 unspecified atom stereocenters. The Bertz CT molecular complexity index is 314. The highest BCUT2D eigenvalue weighted by Gasteiger charge is 2.07. The van der Waals surface area contributed by atoms with Gasteiger partial charge in [0, 0.05) is 0 Å². The van der Waals surface area contributed by atoms with Gasteiger partial charge < -0.3 is 10.5 Å². The standard InChI is InChI=1S/C12H18BrNO/c1-9(4-3-7-14)10-5-6-12(15-2)11(13)8-10/h5-6,8-9H,3-4,7,14H2,1-2H3. The number of hydrogen-bond donors (Lipinski definition) is 1. The van der Waals surface area contributed by atoms with E-state index in [-0.39, 0.29) is 0 Å². The van der Waals surface area contributed by atoms with Crippen molar-refractivity contribution in [3.8, 4) is 5.75 Å². The first kappa shape index (κ1) is 12.5. The molecule has 2 N–H and O–H groups in total. The highest BCUT2D eigenvalue weighted by molar-refractivity contribution is 9.10. The summed E-state index contributed by atoms with van der Waals surface area (Å²) < 4.78 is 6.21. The molecule has 0 heterocycles. The van der Waals surface area contributed by atoms with Crippen LogP contribution in [0.3, 0.4) is 0 Å². The summed E-state index contributed by atoms with van der Waals surface area (Å²) in [5, 5.41) is 0. The largest absolute Gasteiger partial charge is 0.496 e. The molecule has 1 aromatic carbocycles. The van der Waals surface area contributed by atoms with Crippen LogP contribution in [0, 0.1) is 0 Å². The number of nitrogens with two attached hydrogens (primary N) is 1. The maximum absolute atomic E-state index is 5.50. The molecule has 0 spiro atoms. The lowest BCUT2D eigenvalue weighted by molar-refractivity contribution is 0.412. The number of methoxy groups -OCH3 is 1. The van der Waals surface area contributed by atoms with Gasteiger partial charge in [0.15, 0.2) is 0 Å². The Labute approximate surface area is 99.9 Å². The Morgan fingerprint density at radius 2 is 2.20 bits per heavy atom. The molecule has 0 radical (unpaired) electrons. The predicted octanol–water partition coefficient (Wildman–Crippen LogP) is 3.30. The minimum absolute atomic E-state index is 0.552. The lowest BCUT2D eigenvalue weighted by atomic mass is 9.96.